The third kappa shape index (κ3) is 4.15. The van der Waals surface area contributed by atoms with Crippen LogP contribution in [0.2, 0.25) is 0 Å². The number of rotatable bonds is 4. The first-order chi connectivity index (χ1) is 16.5. The first-order valence-electron chi connectivity index (χ1n) is 10.8. The molecule has 34 heavy (non-hydrogen) atoms. The lowest BCUT2D eigenvalue weighted by Crippen LogP contribution is -2.35. The average molecular weight is 467 g/mol. The molecule has 0 fully saturated rings. The molecule has 1 unspecified atom stereocenters. The van der Waals surface area contributed by atoms with Crippen LogP contribution in [-0.4, -0.2) is 38.3 Å². The molecule has 1 aromatic carbocycles. The number of benzene rings is 1. The van der Waals surface area contributed by atoms with E-state index in [2.05, 4.69) is 32.4 Å². The molecule has 4 aromatic heterocycles. The Kier molecular flexibility index (Phi) is 5.80. The molecule has 1 atom stereocenters. The first kappa shape index (κ1) is 21.8. The summed E-state index contributed by atoms with van der Waals surface area (Å²) < 4.78 is 3.11. The summed E-state index contributed by atoms with van der Waals surface area (Å²) >= 11 is 1.54. The molecule has 0 spiro atoms. The van der Waals surface area contributed by atoms with E-state index in [1.54, 1.807) is 20.0 Å². The predicted molar refractivity (Wildman–Crippen MR) is 136 cm³/mol. The molecule has 2 N–H and O–H groups in total. The number of amides is 1. The minimum absolute atomic E-state index is 0.168. The van der Waals surface area contributed by atoms with E-state index in [9.17, 15) is 4.79 Å². The molecule has 0 radical (unpaired) electrons. The summed E-state index contributed by atoms with van der Waals surface area (Å²) in [7, 11) is 1.74. The maximum atomic E-state index is 12.4. The fraction of sp³-hybridized carbons (Fsp3) is 0.154. The zero-order valence-corrected chi connectivity index (χ0v) is 19.8. The molecule has 4 heterocycles. The number of carbonyl (C=O) groups is 1. The molecule has 5 aromatic rings. The Morgan fingerprint density at radius 3 is 2.68 bits per heavy atom. The fourth-order valence-electron chi connectivity index (χ4n) is 3.66. The zero-order chi connectivity index (χ0) is 23.7. The van der Waals surface area contributed by atoms with E-state index < -0.39 is 0 Å². The van der Waals surface area contributed by atoms with Crippen LogP contribution in [0.25, 0.3) is 27.1 Å². The number of fused-ring (bicyclic) bond motifs is 2. The Balaban J connectivity index is 1.63. The first-order valence-corrected chi connectivity index (χ1v) is 11.7. The molecule has 1 amide bonds. The number of nitrogens with zero attached hydrogens (tertiary/aromatic N) is 4. The van der Waals surface area contributed by atoms with Crippen molar-refractivity contribution in [2.45, 2.75) is 19.9 Å². The smallest absolute Gasteiger partial charge is 0.242 e. The number of nitrogens with one attached hydrogen (secondary N) is 2. The van der Waals surface area contributed by atoms with E-state index in [0.29, 0.717) is 16.5 Å². The summed E-state index contributed by atoms with van der Waals surface area (Å²) in [4.78, 5) is 26.4. The maximum Gasteiger partial charge on any atom is 0.242 e. The Labute approximate surface area is 200 Å². The quantitative estimate of drug-likeness (QED) is 0.387. The van der Waals surface area contributed by atoms with Gasteiger partial charge in [0.15, 0.2) is 5.01 Å². The number of thiazole rings is 1. The zero-order valence-electron chi connectivity index (χ0n) is 19.0. The van der Waals surface area contributed by atoms with E-state index in [-0.39, 0.29) is 11.9 Å². The van der Waals surface area contributed by atoms with Gasteiger partial charge in [0.25, 0.3) is 0 Å². The second-order valence-corrected chi connectivity index (χ2v) is 8.83. The molecule has 0 bridgehead atoms. The second kappa shape index (κ2) is 9.06. The van der Waals surface area contributed by atoms with Crippen molar-refractivity contribution in [2.75, 3.05) is 12.4 Å². The van der Waals surface area contributed by atoms with Crippen molar-refractivity contribution in [3.63, 3.8) is 0 Å². The minimum atomic E-state index is -0.347. The second-order valence-electron chi connectivity index (χ2n) is 7.80. The standard InChI is InChI=1S/C26H22N6OS/c1-16-25(32-15-7-6-10-23(32)28-16)18-11-13-22(31-26(33)17(2)27-3)29-19(18)12-14-24-30-20-8-4-5-9-21(20)34-24/h4-11,13,15,17,27H,1-3H3,(H,29,31,33). The van der Waals surface area contributed by atoms with E-state index in [0.717, 1.165) is 32.8 Å². The topological polar surface area (TPSA) is 84.2 Å². The summed E-state index contributed by atoms with van der Waals surface area (Å²) in [5, 5.41) is 6.51. The van der Waals surface area contributed by atoms with Crippen LogP contribution < -0.4 is 10.6 Å². The average Bonchev–Trinajstić information content (AvgIpc) is 3.42. The van der Waals surface area contributed by atoms with Crippen molar-refractivity contribution < 1.29 is 4.79 Å². The molecular weight excluding hydrogens is 444 g/mol. The Bertz CT molecular complexity index is 1560. The summed E-state index contributed by atoms with van der Waals surface area (Å²) in [5.41, 5.74) is 4.94. The van der Waals surface area contributed by atoms with Gasteiger partial charge in [-0.25, -0.2) is 15.0 Å². The van der Waals surface area contributed by atoms with Crippen LogP contribution >= 0.6 is 11.3 Å². The largest absolute Gasteiger partial charge is 0.309 e. The van der Waals surface area contributed by atoms with Gasteiger partial charge in [0, 0.05) is 11.8 Å². The highest BCUT2D eigenvalue weighted by Gasteiger charge is 2.17. The van der Waals surface area contributed by atoms with Crippen LogP contribution in [-0.2, 0) is 4.79 Å². The molecule has 8 heteroatoms. The van der Waals surface area contributed by atoms with Crippen LogP contribution in [0, 0.1) is 18.8 Å². The van der Waals surface area contributed by atoms with Crippen LogP contribution in [0.4, 0.5) is 5.82 Å². The van der Waals surface area contributed by atoms with Crippen molar-refractivity contribution in [1.29, 1.82) is 0 Å². The van der Waals surface area contributed by atoms with Crippen LogP contribution in [0.3, 0.4) is 0 Å². The van der Waals surface area contributed by atoms with Crippen molar-refractivity contribution in [2.24, 2.45) is 0 Å². The molecule has 7 nitrogen and oxygen atoms in total. The SMILES string of the molecule is CNC(C)C(=O)Nc1ccc(-c2c(C)nc3ccccn23)c(C#Cc2nc3ccccc3s2)n1. The van der Waals surface area contributed by atoms with E-state index in [4.69, 9.17) is 4.98 Å². The molecule has 0 aliphatic rings. The molecule has 168 valence electrons. The normalized spacial score (nSPS) is 11.9. The third-order valence-electron chi connectivity index (χ3n) is 5.51. The number of pyridine rings is 2. The monoisotopic (exact) mass is 466 g/mol. The van der Waals surface area contributed by atoms with Crippen molar-refractivity contribution in [3.8, 4) is 23.1 Å². The summed E-state index contributed by atoms with van der Waals surface area (Å²) in [6.07, 6.45) is 1.97. The summed E-state index contributed by atoms with van der Waals surface area (Å²) in [6.45, 7) is 3.76. The summed E-state index contributed by atoms with van der Waals surface area (Å²) in [6, 6.07) is 17.2. The van der Waals surface area contributed by atoms with Gasteiger partial charge < -0.3 is 10.6 Å². The third-order valence-corrected chi connectivity index (χ3v) is 6.47. The number of hydrogen-bond acceptors (Lipinski definition) is 6. The lowest BCUT2D eigenvalue weighted by Gasteiger charge is -2.12. The van der Waals surface area contributed by atoms with Gasteiger partial charge >= 0.3 is 0 Å². The van der Waals surface area contributed by atoms with E-state index >= 15 is 0 Å². The molecule has 5 rings (SSSR count). The highest BCUT2D eigenvalue weighted by molar-refractivity contribution is 7.19. The lowest BCUT2D eigenvalue weighted by molar-refractivity contribution is -0.117. The number of carbonyl (C=O) groups excluding carboxylic acids is 1. The van der Waals surface area contributed by atoms with Crippen LogP contribution in [0.15, 0.2) is 60.8 Å². The number of imidazole rings is 1. The molecule has 0 aliphatic heterocycles. The van der Waals surface area contributed by atoms with Gasteiger partial charge in [-0.05, 0) is 69.1 Å². The number of anilines is 1. The Hall–Kier alpha value is -4.06. The number of hydrogen-bond donors (Lipinski definition) is 2. The molecular formula is C26H22N6OS. The number of para-hydroxylation sites is 1. The van der Waals surface area contributed by atoms with Gasteiger partial charge in [-0.1, -0.05) is 18.2 Å². The van der Waals surface area contributed by atoms with Gasteiger partial charge in [0.2, 0.25) is 5.91 Å². The number of aromatic nitrogens is 4. The highest BCUT2D eigenvalue weighted by Crippen LogP contribution is 2.28. The van der Waals surface area contributed by atoms with Gasteiger partial charge in [0.1, 0.15) is 17.2 Å². The van der Waals surface area contributed by atoms with Crippen molar-refractivity contribution in [3.05, 3.63) is 77.2 Å². The number of likely N-dealkylation sites (N-methyl/N-ethyl adjacent to an activating group) is 1. The molecule has 0 saturated heterocycles. The van der Waals surface area contributed by atoms with E-state index in [1.807, 2.05) is 66.1 Å². The van der Waals surface area contributed by atoms with Crippen LogP contribution in [0.1, 0.15) is 23.3 Å². The van der Waals surface area contributed by atoms with Crippen molar-refractivity contribution >= 4 is 38.9 Å². The minimum Gasteiger partial charge on any atom is -0.309 e. The van der Waals surface area contributed by atoms with Gasteiger partial charge in [-0.2, -0.15) is 0 Å². The molecule has 0 saturated carbocycles. The van der Waals surface area contributed by atoms with E-state index in [1.165, 1.54) is 11.3 Å². The Morgan fingerprint density at radius 1 is 1.03 bits per heavy atom. The van der Waals surface area contributed by atoms with Gasteiger partial charge in [-0.3, -0.25) is 9.20 Å². The van der Waals surface area contributed by atoms with Crippen molar-refractivity contribution in [1.82, 2.24) is 24.7 Å². The lowest BCUT2D eigenvalue weighted by atomic mass is 10.1. The number of aryl methyl sites for hydroxylation is 1. The van der Waals surface area contributed by atoms with Crippen LogP contribution in [0.5, 0.6) is 0 Å². The Morgan fingerprint density at radius 2 is 1.85 bits per heavy atom. The molecule has 0 aliphatic carbocycles. The summed E-state index contributed by atoms with van der Waals surface area (Å²) in [5.74, 6) is 6.65. The predicted octanol–water partition coefficient (Wildman–Crippen LogP) is 4.26. The van der Waals surface area contributed by atoms with Gasteiger partial charge in [-0.15, -0.1) is 11.3 Å². The highest BCUT2D eigenvalue weighted by atomic mass is 32.1. The van der Waals surface area contributed by atoms with Gasteiger partial charge in [0.05, 0.1) is 27.6 Å². The fourth-order valence-corrected chi connectivity index (χ4v) is 4.48. The maximum absolute atomic E-state index is 12.4.